The van der Waals surface area contributed by atoms with Gasteiger partial charge in [0.05, 0.1) is 18.8 Å². The Kier molecular flexibility index (Phi) is 5.69. The van der Waals surface area contributed by atoms with Crippen molar-refractivity contribution in [1.82, 2.24) is 24.8 Å². The number of hydrogen-bond donors (Lipinski definition) is 2. The number of nitrogen functional groups attached to an aromatic ring is 1. The Balaban J connectivity index is 1.40. The van der Waals surface area contributed by atoms with Gasteiger partial charge in [-0.05, 0) is 6.92 Å². The first-order valence-corrected chi connectivity index (χ1v) is 10.1. The molecule has 0 aliphatic carbocycles. The summed E-state index contributed by atoms with van der Waals surface area (Å²) < 4.78 is 4.95. The lowest BCUT2D eigenvalue weighted by Crippen LogP contribution is -2.48. The fraction of sp³-hybridized carbons (Fsp3) is 0.474. The highest BCUT2D eigenvalue weighted by atomic mass is 16.5. The number of ether oxygens (including phenoxy) is 1. The molecule has 0 aromatic carbocycles. The van der Waals surface area contributed by atoms with Crippen molar-refractivity contribution in [3.63, 3.8) is 0 Å². The smallest absolute Gasteiger partial charge is 0.407 e. The van der Waals surface area contributed by atoms with Crippen LogP contribution in [-0.2, 0) is 17.7 Å². The molecule has 3 N–H and O–H groups in total. The number of anilines is 3. The molecule has 12 nitrogen and oxygen atoms in total. The number of carbonyl (C=O) groups is 2. The number of amides is 1. The van der Waals surface area contributed by atoms with Crippen molar-refractivity contribution < 1.29 is 19.4 Å². The Bertz CT molecular complexity index is 993. The monoisotopic (exact) mass is 428 g/mol. The second-order valence-corrected chi connectivity index (χ2v) is 7.26. The average molecular weight is 428 g/mol. The molecule has 2 aliphatic rings. The molecular formula is C19H24N8O4. The summed E-state index contributed by atoms with van der Waals surface area (Å²) in [7, 11) is 0. The number of hydrogen-bond acceptors (Lipinski definition) is 10. The van der Waals surface area contributed by atoms with E-state index < -0.39 is 12.1 Å². The van der Waals surface area contributed by atoms with Crippen molar-refractivity contribution >= 4 is 29.8 Å². The zero-order chi connectivity index (χ0) is 22.0. The standard InChI is InChI=1S/C19H24N8O4/c1-2-31-16(28)13-10-22-18(24-15(13)20)26-7-5-25(6-8-26)17-21-9-12-11-27(19(29)30)4-3-14(12)23-17/h9-10H,2-8,11H2,1H3,(H,29,30)(H2,20,22,24). The van der Waals surface area contributed by atoms with Crippen LogP contribution in [0.1, 0.15) is 28.5 Å². The van der Waals surface area contributed by atoms with Crippen LogP contribution in [0.15, 0.2) is 12.4 Å². The van der Waals surface area contributed by atoms with Crippen LogP contribution < -0.4 is 15.5 Å². The summed E-state index contributed by atoms with van der Waals surface area (Å²) in [6.45, 7) is 5.36. The molecular weight excluding hydrogens is 404 g/mol. The average Bonchev–Trinajstić information content (AvgIpc) is 2.78. The summed E-state index contributed by atoms with van der Waals surface area (Å²) in [6.07, 6.45) is 2.77. The first kappa shape index (κ1) is 20.6. The summed E-state index contributed by atoms with van der Waals surface area (Å²) in [5, 5.41) is 9.16. The molecule has 0 atom stereocenters. The van der Waals surface area contributed by atoms with Gasteiger partial charge in [0.1, 0.15) is 11.4 Å². The minimum Gasteiger partial charge on any atom is -0.465 e. The van der Waals surface area contributed by atoms with Crippen LogP contribution in [0.3, 0.4) is 0 Å². The fourth-order valence-corrected chi connectivity index (χ4v) is 3.63. The van der Waals surface area contributed by atoms with Gasteiger partial charge in [0.2, 0.25) is 11.9 Å². The van der Waals surface area contributed by atoms with E-state index in [1.165, 1.54) is 11.1 Å². The quantitative estimate of drug-likeness (QED) is 0.651. The van der Waals surface area contributed by atoms with Gasteiger partial charge in [-0.15, -0.1) is 0 Å². The lowest BCUT2D eigenvalue weighted by Gasteiger charge is -2.35. The summed E-state index contributed by atoms with van der Waals surface area (Å²) in [4.78, 5) is 46.1. The second-order valence-electron chi connectivity index (χ2n) is 7.26. The van der Waals surface area contributed by atoms with E-state index in [4.69, 9.17) is 15.6 Å². The minimum atomic E-state index is -0.927. The van der Waals surface area contributed by atoms with E-state index in [-0.39, 0.29) is 18.0 Å². The normalized spacial score (nSPS) is 16.1. The summed E-state index contributed by atoms with van der Waals surface area (Å²) in [6, 6.07) is 0. The number of esters is 1. The third kappa shape index (κ3) is 4.27. The number of piperazine rings is 1. The van der Waals surface area contributed by atoms with Crippen molar-refractivity contribution in [2.24, 2.45) is 0 Å². The van der Waals surface area contributed by atoms with E-state index >= 15 is 0 Å². The van der Waals surface area contributed by atoms with Crippen LogP contribution >= 0.6 is 0 Å². The van der Waals surface area contributed by atoms with Crippen LogP contribution in [0.2, 0.25) is 0 Å². The van der Waals surface area contributed by atoms with Gasteiger partial charge < -0.3 is 30.3 Å². The molecule has 1 saturated heterocycles. The van der Waals surface area contributed by atoms with Crippen LogP contribution in [0.5, 0.6) is 0 Å². The molecule has 4 rings (SSSR count). The topological polar surface area (TPSA) is 151 Å². The number of carboxylic acid groups (broad SMARTS) is 1. The second kappa shape index (κ2) is 8.58. The number of nitrogens with zero attached hydrogens (tertiary/aromatic N) is 7. The van der Waals surface area contributed by atoms with Crippen molar-refractivity contribution in [3.05, 3.63) is 29.2 Å². The highest BCUT2D eigenvalue weighted by Gasteiger charge is 2.25. The van der Waals surface area contributed by atoms with Crippen molar-refractivity contribution in [2.45, 2.75) is 19.9 Å². The van der Waals surface area contributed by atoms with Crippen molar-refractivity contribution in [3.8, 4) is 0 Å². The Labute approximate surface area is 178 Å². The molecule has 1 fully saturated rings. The molecule has 164 valence electrons. The summed E-state index contributed by atoms with van der Waals surface area (Å²) in [5.74, 6) is 0.664. The predicted octanol–water partition coefficient (Wildman–Crippen LogP) is 0.388. The molecule has 2 aromatic heterocycles. The lowest BCUT2D eigenvalue weighted by atomic mass is 10.1. The van der Waals surface area contributed by atoms with E-state index in [2.05, 4.69) is 24.8 Å². The maximum Gasteiger partial charge on any atom is 0.407 e. The number of fused-ring (bicyclic) bond motifs is 1. The molecule has 0 spiro atoms. The van der Waals surface area contributed by atoms with Gasteiger partial charge in [0.15, 0.2) is 0 Å². The Hall–Kier alpha value is -3.70. The molecule has 1 amide bonds. The van der Waals surface area contributed by atoms with Gasteiger partial charge in [-0.2, -0.15) is 4.98 Å². The highest BCUT2D eigenvalue weighted by molar-refractivity contribution is 5.93. The Morgan fingerprint density at radius 1 is 1.06 bits per heavy atom. The van der Waals surface area contributed by atoms with Gasteiger partial charge in [-0.3, -0.25) is 0 Å². The third-order valence-corrected chi connectivity index (χ3v) is 5.34. The van der Waals surface area contributed by atoms with Gasteiger partial charge in [0.25, 0.3) is 0 Å². The largest absolute Gasteiger partial charge is 0.465 e. The number of aromatic nitrogens is 4. The van der Waals surface area contributed by atoms with Gasteiger partial charge in [-0.1, -0.05) is 0 Å². The van der Waals surface area contributed by atoms with E-state index in [1.54, 1.807) is 13.1 Å². The molecule has 2 aromatic rings. The molecule has 31 heavy (non-hydrogen) atoms. The van der Waals surface area contributed by atoms with E-state index in [9.17, 15) is 9.59 Å². The van der Waals surface area contributed by atoms with Crippen LogP contribution in [0.4, 0.5) is 22.5 Å². The Morgan fingerprint density at radius 3 is 2.32 bits per heavy atom. The fourth-order valence-electron chi connectivity index (χ4n) is 3.63. The van der Waals surface area contributed by atoms with Crippen LogP contribution in [0, 0.1) is 0 Å². The molecule has 12 heteroatoms. The van der Waals surface area contributed by atoms with Crippen LogP contribution in [-0.4, -0.2) is 81.3 Å². The number of carbonyl (C=O) groups excluding carboxylic acids is 1. The number of nitrogens with two attached hydrogens (primary N) is 1. The maximum absolute atomic E-state index is 11.9. The highest BCUT2D eigenvalue weighted by Crippen LogP contribution is 2.21. The lowest BCUT2D eigenvalue weighted by molar-refractivity contribution is 0.0526. The van der Waals surface area contributed by atoms with Crippen molar-refractivity contribution in [1.29, 1.82) is 0 Å². The predicted molar refractivity (Wildman–Crippen MR) is 111 cm³/mol. The zero-order valence-corrected chi connectivity index (χ0v) is 17.2. The molecule has 4 heterocycles. The molecule has 2 aliphatic heterocycles. The van der Waals surface area contributed by atoms with Gasteiger partial charge in [-0.25, -0.2) is 24.5 Å². The third-order valence-electron chi connectivity index (χ3n) is 5.34. The molecule has 0 unspecified atom stereocenters. The summed E-state index contributed by atoms with van der Waals surface area (Å²) in [5.41, 5.74) is 7.83. The molecule has 0 bridgehead atoms. The van der Waals surface area contributed by atoms with Crippen molar-refractivity contribution in [2.75, 3.05) is 54.9 Å². The maximum atomic E-state index is 11.9. The van der Waals surface area contributed by atoms with E-state index in [0.29, 0.717) is 57.6 Å². The summed E-state index contributed by atoms with van der Waals surface area (Å²) >= 11 is 0. The SMILES string of the molecule is CCOC(=O)c1cnc(N2CCN(c3ncc4c(n3)CCN(C(=O)O)C4)CC2)nc1N. The first-order chi connectivity index (χ1) is 15.0. The first-order valence-electron chi connectivity index (χ1n) is 10.1. The number of rotatable bonds is 4. The van der Waals surface area contributed by atoms with E-state index in [1.807, 2.05) is 4.90 Å². The minimum absolute atomic E-state index is 0.0966. The molecule has 0 radical (unpaired) electrons. The molecule has 0 saturated carbocycles. The van der Waals surface area contributed by atoms with Gasteiger partial charge in [0, 0.05) is 57.1 Å². The zero-order valence-electron chi connectivity index (χ0n) is 17.2. The van der Waals surface area contributed by atoms with Gasteiger partial charge >= 0.3 is 12.1 Å². The van der Waals surface area contributed by atoms with Crippen LogP contribution in [0.25, 0.3) is 0 Å². The Morgan fingerprint density at radius 2 is 1.71 bits per heavy atom. The van der Waals surface area contributed by atoms with E-state index in [0.717, 1.165) is 11.3 Å².